The van der Waals surface area contributed by atoms with Crippen LogP contribution in [-0.2, 0) is 9.53 Å². The highest BCUT2D eigenvalue weighted by atomic mass is 16.5. The first-order valence-electron chi connectivity index (χ1n) is 6.83. The van der Waals surface area contributed by atoms with Gasteiger partial charge in [-0.05, 0) is 25.2 Å². The number of fused-ring (bicyclic) bond motifs is 1. The van der Waals surface area contributed by atoms with Crippen molar-refractivity contribution in [3.8, 4) is 11.5 Å². The maximum absolute atomic E-state index is 12.4. The molecule has 0 saturated heterocycles. The molecule has 1 aromatic rings. The summed E-state index contributed by atoms with van der Waals surface area (Å²) >= 11 is 0. The van der Waals surface area contributed by atoms with E-state index in [2.05, 4.69) is 10.1 Å². The number of ether oxygens (including phenoxy) is 3. The van der Waals surface area contributed by atoms with Gasteiger partial charge in [-0.3, -0.25) is 9.59 Å². The van der Waals surface area contributed by atoms with Crippen molar-refractivity contribution in [3.63, 3.8) is 0 Å². The highest BCUT2D eigenvalue weighted by Crippen LogP contribution is 2.30. The standard InChI is InChI=1S/C15H19NO5/c1-16-11(9-14(17)19-2)15(18)10-4-5-12-13(8-10)21-7-3-6-20-12/h4-5,8,11,16H,3,6-7,9H2,1-2H3. The minimum absolute atomic E-state index is 0.0136. The summed E-state index contributed by atoms with van der Waals surface area (Å²) in [5, 5.41) is 2.84. The summed E-state index contributed by atoms with van der Waals surface area (Å²) < 4.78 is 15.7. The lowest BCUT2D eigenvalue weighted by molar-refractivity contribution is -0.140. The first-order valence-corrected chi connectivity index (χ1v) is 6.83. The molecule has 1 N–H and O–H groups in total. The second-order valence-corrected chi connectivity index (χ2v) is 4.70. The van der Waals surface area contributed by atoms with Crippen LogP contribution >= 0.6 is 0 Å². The predicted octanol–water partition coefficient (Wildman–Crippen LogP) is 1.18. The van der Waals surface area contributed by atoms with E-state index in [9.17, 15) is 9.59 Å². The lowest BCUT2D eigenvalue weighted by Gasteiger charge is -2.15. The summed E-state index contributed by atoms with van der Waals surface area (Å²) in [5.74, 6) is 0.583. The fraction of sp³-hybridized carbons (Fsp3) is 0.467. The Bertz CT molecular complexity index is 529. The molecule has 1 atom stereocenters. The zero-order chi connectivity index (χ0) is 15.2. The molecule has 0 amide bonds. The van der Waals surface area contributed by atoms with E-state index in [1.807, 2.05) is 0 Å². The van der Waals surface area contributed by atoms with Crippen molar-refractivity contribution in [3.05, 3.63) is 23.8 Å². The van der Waals surface area contributed by atoms with Crippen molar-refractivity contribution in [1.29, 1.82) is 0 Å². The topological polar surface area (TPSA) is 73.9 Å². The van der Waals surface area contributed by atoms with E-state index in [0.29, 0.717) is 30.3 Å². The number of rotatable bonds is 5. The molecule has 0 saturated carbocycles. The van der Waals surface area contributed by atoms with Crippen molar-refractivity contribution in [2.24, 2.45) is 0 Å². The van der Waals surface area contributed by atoms with Crippen molar-refractivity contribution in [2.45, 2.75) is 18.9 Å². The van der Waals surface area contributed by atoms with E-state index in [0.717, 1.165) is 6.42 Å². The number of ketones is 1. The molecule has 21 heavy (non-hydrogen) atoms. The molecule has 1 unspecified atom stereocenters. The van der Waals surface area contributed by atoms with Crippen LogP contribution in [0.3, 0.4) is 0 Å². The van der Waals surface area contributed by atoms with Gasteiger partial charge in [-0.15, -0.1) is 0 Å². The van der Waals surface area contributed by atoms with Gasteiger partial charge >= 0.3 is 5.97 Å². The summed E-state index contributed by atoms with van der Waals surface area (Å²) in [6.07, 6.45) is 0.791. The number of carbonyl (C=O) groups excluding carboxylic acids is 2. The molecular formula is C15H19NO5. The lowest BCUT2D eigenvalue weighted by Crippen LogP contribution is -2.36. The number of methoxy groups -OCH3 is 1. The van der Waals surface area contributed by atoms with Gasteiger partial charge in [0.2, 0.25) is 0 Å². The fourth-order valence-electron chi connectivity index (χ4n) is 2.09. The molecule has 6 heteroatoms. The second-order valence-electron chi connectivity index (χ2n) is 4.70. The number of hydrogen-bond acceptors (Lipinski definition) is 6. The smallest absolute Gasteiger partial charge is 0.307 e. The molecule has 0 bridgehead atoms. The summed E-state index contributed by atoms with van der Waals surface area (Å²) in [6.45, 7) is 1.16. The zero-order valence-electron chi connectivity index (χ0n) is 12.2. The molecule has 1 aromatic carbocycles. The molecule has 0 spiro atoms. The number of hydrogen-bond donors (Lipinski definition) is 1. The van der Waals surface area contributed by atoms with E-state index in [4.69, 9.17) is 9.47 Å². The van der Waals surface area contributed by atoms with Gasteiger partial charge < -0.3 is 19.5 Å². The molecule has 114 valence electrons. The van der Waals surface area contributed by atoms with Crippen LogP contribution in [-0.4, -0.2) is 45.2 Å². The van der Waals surface area contributed by atoms with Crippen LogP contribution in [0.25, 0.3) is 0 Å². The van der Waals surface area contributed by atoms with Crippen molar-refractivity contribution < 1.29 is 23.8 Å². The van der Waals surface area contributed by atoms with Gasteiger partial charge in [0.1, 0.15) is 0 Å². The van der Waals surface area contributed by atoms with Gasteiger partial charge in [0.25, 0.3) is 0 Å². The van der Waals surface area contributed by atoms with Gasteiger partial charge in [0.05, 0.1) is 32.8 Å². The Morgan fingerprint density at radius 2 is 2.00 bits per heavy atom. The Hall–Kier alpha value is -2.08. The van der Waals surface area contributed by atoms with Crippen LogP contribution in [0.4, 0.5) is 0 Å². The molecule has 0 aromatic heterocycles. The number of likely N-dealkylation sites (N-methyl/N-ethyl adjacent to an activating group) is 1. The minimum Gasteiger partial charge on any atom is -0.490 e. The van der Waals surface area contributed by atoms with Crippen molar-refractivity contribution in [1.82, 2.24) is 5.32 Å². The highest BCUT2D eigenvalue weighted by Gasteiger charge is 2.23. The van der Waals surface area contributed by atoms with E-state index in [1.54, 1.807) is 25.2 Å². The molecular weight excluding hydrogens is 274 g/mol. The number of carbonyl (C=O) groups is 2. The maximum Gasteiger partial charge on any atom is 0.307 e. The summed E-state index contributed by atoms with van der Waals surface area (Å²) in [5.41, 5.74) is 0.475. The Labute approximate surface area is 123 Å². The SMILES string of the molecule is CNC(CC(=O)OC)C(=O)c1ccc2c(c1)OCCCO2. The van der Waals surface area contributed by atoms with Crippen molar-refractivity contribution in [2.75, 3.05) is 27.4 Å². The monoisotopic (exact) mass is 293 g/mol. The fourth-order valence-corrected chi connectivity index (χ4v) is 2.09. The number of benzene rings is 1. The Kier molecular flexibility index (Phi) is 5.16. The number of esters is 1. The van der Waals surface area contributed by atoms with E-state index < -0.39 is 12.0 Å². The Morgan fingerprint density at radius 1 is 1.29 bits per heavy atom. The molecule has 2 rings (SSSR count). The van der Waals surface area contributed by atoms with Gasteiger partial charge in [-0.25, -0.2) is 0 Å². The average molecular weight is 293 g/mol. The first-order chi connectivity index (χ1) is 10.2. The van der Waals surface area contributed by atoms with Crippen LogP contribution in [0, 0.1) is 0 Å². The summed E-state index contributed by atoms with van der Waals surface area (Å²) in [4.78, 5) is 23.8. The van der Waals surface area contributed by atoms with E-state index in [-0.39, 0.29) is 12.2 Å². The molecule has 1 aliphatic heterocycles. The third-order valence-electron chi connectivity index (χ3n) is 3.30. The van der Waals surface area contributed by atoms with Crippen LogP contribution in [0.2, 0.25) is 0 Å². The zero-order valence-corrected chi connectivity index (χ0v) is 12.2. The predicted molar refractivity (Wildman–Crippen MR) is 75.9 cm³/mol. The molecule has 0 aliphatic carbocycles. The third kappa shape index (κ3) is 3.72. The molecule has 6 nitrogen and oxygen atoms in total. The van der Waals surface area contributed by atoms with Crippen LogP contribution in [0.15, 0.2) is 18.2 Å². The summed E-state index contributed by atoms with van der Waals surface area (Å²) in [6, 6.07) is 4.43. The lowest BCUT2D eigenvalue weighted by atomic mass is 10.0. The Morgan fingerprint density at radius 3 is 2.67 bits per heavy atom. The van der Waals surface area contributed by atoms with Crippen molar-refractivity contribution >= 4 is 11.8 Å². The molecule has 0 radical (unpaired) electrons. The van der Waals surface area contributed by atoms with Crippen LogP contribution in [0.1, 0.15) is 23.2 Å². The van der Waals surface area contributed by atoms with Gasteiger partial charge in [0.15, 0.2) is 17.3 Å². The minimum atomic E-state index is -0.623. The van der Waals surface area contributed by atoms with E-state index >= 15 is 0 Å². The average Bonchev–Trinajstić information content (AvgIpc) is 2.76. The summed E-state index contributed by atoms with van der Waals surface area (Å²) in [7, 11) is 2.93. The normalized spacial score (nSPS) is 15.0. The quantitative estimate of drug-likeness (QED) is 0.649. The van der Waals surface area contributed by atoms with Gasteiger partial charge in [-0.1, -0.05) is 0 Å². The molecule has 0 fully saturated rings. The maximum atomic E-state index is 12.4. The van der Waals surface area contributed by atoms with E-state index in [1.165, 1.54) is 7.11 Å². The highest BCUT2D eigenvalue weighted by molar-refractivity contribution is 6.02. The van der Waals surface area contributed by atoms with Gasteiger partial charge in [0, 0.05) is 12.0 Å². The molecule has 1 aliphatic rings. The third-order valence-corrected chi connectivity index (χ3v) is 3.30. The first kappa shape index (κ1) is 15.3. The molecule has 1 heterocycles. The number of nitrogens with one attached hydrogen (secondary N) is 1. The van der Waals surface area contributed by atoms with Crippen LogP contribution in [0.5, 0.6) is 11.5 Å². The second kappa shape index (κ2) is 7.08. The largest absolute Gasteiger partial charge is 0.490 e. The Balaban J connectivity index is 2.18. The van der Waals surface area contributed by atoms with Crippen LogP contribution < -0.4 is 14.8 Å². The van der Waals surface area contributed by atoms with Gasteiger partial charge in [-0.2, -0.15) is 0 Å². The number of Topliss-reactive ketones (excluding diaryl/α,β-unsaturated/α-hetero) is 1.